The summed E-state index contributed by atoms with van der Waals surface area (Å²) in [6.07, 6.45) is 0. The van der Waals surface area contributed by atoms with Crippen LogP contribution in [-0.2, 0) is 4.79 Å². The predicted octanol–water partition coefficient (Wildman–Crippen LogP) is 4.84. The van der Waals surface area contributed by atoms with Gasteiger partial charge < -0.3 is 5.32 Å². The van der Waals surface area contributed by atoms with Gasteiger partial charge >= 0.3 is 0 Å². The number of pyridine rings is 1. The summed E-state index contributed by atoms with van der Waals surface area (Å²) in [6.45, 7) is 2.00. The number of aryl methyl sites for hydroxylation is 1. The van der Waals surface area contributed by atoms with E-state index < -0.39 is 4.92 Å². The Morgan fingerprint density at radius 1 is 1.27 bits per heavy atom. The number of hydrogen-bond donors (Lipinski definition) is 1. The number of halogens is 1. The average molecular weight is 388 g/mol. The molecule has 3 aromatic rings. The molecular weight excluding hydrogens is 374 g/mol. The molecule has 0 aliphatic heterocycles. The highest BCUT2D eigenvalue weighted by Crippen LogP contribution is 2.27. The molecule has 0 spiro atoms. The summed E-state index contributed by atoms with van der Waals surface area (Å²) < 4.78 is 0. The third kappa shape index (κ3) is 4.12. The first kappa shape index (κ1) is 18.2. The largest absolute Gasteiger partial charge is 0.324 e. The normalized spacial score (nSPS) is 10.7. The van der Waals surface area contributed by atoms with Crippen molar-refractivity contribution in [2.45, 2.75) is 11.9 Å². The number of anilines is 1. The summed E-state index contributed by atoms with van der Waals surface area (Å²) in [6, 6.07) is 13.7. The number of non-ortho nitro benzene ring substituents is 1. The fourth-order valence-electron chi connectivity index (χ4n) is 2.44. The third-order valence-electron chi connectivity index (χ3n) is 3.69. The monoisotopic (exact) mass is 387 g/mol. The van der Waals surface area contributed by atoms with Crippen molar-refractivity contribution in [2.24, 2.45) is 0 Å². The lowest BCUT2D eigenvalue weighted by molar-refractivity contribution is -0.384. The molecule has 132 valence electrons. The standard InChI is InChI=1S/C18H14ClN3O3S/c1-11-8-18(21-15-5-3-2-4-13(11)15)26-10-17(23)20-16-7-6-12(22(24)25)9-14(16)19/h2-9H,10H2,1H3,(H,20,23). The van der Waals surface area contributed by atoms with Crippen LogP contribution in [0.15, 0.2) is 53.6 Å². The minimum atomic E-state index is -0.541. The molecule has 6 nitrogen and oxygen atoms in total. The van der Waals surface area contributed by atoms with Crippen LogP contribution < -0.4 is 5.32 Å². The van der Waals surface area contributed by atoms with Gasteiger partial charge in [-0.15, -0.1) is 0 Å². The number of nitro groups is 1. The Balaban J connectivity index is 1.67. The molecule has 1 N–H and O–H groups in total. The van der Waals surface area contributed by atoms with Crippen LogP contribution in [0.25, 0.3) is 10.9 Å². The van der Waals surface area contributed by atoms with Crippen LogP contribution in [0.2, 0.25) is 5.02 Å². The van der Waals surface area contributed by atoms with E-state index in [4.69, 9.17) is 11.6 Å². The summed E-state index contributed by atoms with van der Waals surface area (Å²) in [7, 11) is 0. The minimum absolute atomic E-state index is 0.122. The van der Waals surface area contributed by atoms with Crippen molar-refractivity contribution >= 4 is 51.5 Å². The Bertz CT molecular complexity index is 1010. The van der Waals surface area contributed by atoms with Gasteiger partial charge in [-0.2, -0.15) is 0 Å². The van der Waals surface area contributed by atoms with Crippen molar-refractivity contribution in [3.8, 4) is 0 Å². The highest BCUT2D eigenvalue weighted by Gasteiger charge is 2.12. The van der Waals surface area contributed by atoms with E-state index in [9.17, 15) is 14.9 Å². The zero-order valence-corrected chi connectivity index (χ0v) is 15.3. The summed E-state index contributed by atoms with van der Waals surface area (Å²) in [5.74, 6) is -0.115. The van der Waals surface area contributed by atoms with E-state index in [0.717, 1.165) is 21.5 Å². The third-order valence-corrected chi connectivity index (χ3v) is 4.91. The van der Waals surface area contributed by atoms with E-state index in [1.54, 1.807) is 0 Å². The summed E-state index contributed by atoms with van der Waals surface area (Å²) in [5.41, 5.74) is 2.19. The van der Waals surface area contributed by atoms with Gasteiger partial charge in [0.05, 0.1) is 31.9 Å². The number of carbonyl (C=O) groups is 1. The molecule has 0 fully saturated rings. The smallest absolute Gasteiger partial charge is 0.271 e. The highest BCUT2D eigenvalue weighted by molar-refractivity contribution is 7.99. The Morgan fingerprint density at radius 3 is 2.77 bits per heavy atom. The van der Waals surface area contributed by atoms with Crippen LogP contribution in [-0.4, -0.2) is 21.6 Å². The number of nitrogens with zero attached hydrogens (tertiary/aromatic N) is 2. The second-order valence-electron chi connectivity index (χ2n) is 5.55. The minimum Gasteiger partial charge on any atom is -0.324 e. The summed E-state index contributed by atoms with van der Waals surface area (Å²) in [4.78, 5) is 26.9. The molecular formula is C18H14ClN3O3S. The maximum absolute atomic E-state index is 12.2. The highest BCUT2D eigenvalue weighted by atomic mass is 35.5. The Labute approximate surface area is 158 Å². The van der Waals surface area contributed by atoms with Crippen LogP contribution >= 0.6 is 23.4 Å². The van der Waals surface area contributed by atoms with E-state index in [0.29, 0.717) is 5.69 Å². The van der Waals surface area contributed by atoms with Crippen LogP contribution in [0.3, 0.4) is 0 Å². The van der Waals surface area contributed by atoms with Crippen molar-refractivity contribution in [3.05, 3.63) is 69.2 Å². The number of nitro benzene ring substituents is 1. The van der Waals surface area contributed by atoms with Crippen molar-refractivity contribution in [1.29, 1.82) is 0 Å². The number of rotatable bonds is 5. The fraction of sp³-hybridized carbons (Fsp3) is 0.111. The lowest BCUT2D eigenvalue weighted by Gasteiger charge is -2.08. The van der Waals surface area contributed by atoms with Gasteiger partial charge in [-0.3, -0.25) is 14.9 Å². The van der Waals surface area contributed by atoms with E-state index in [2.05, 4.69) is 10.3 Å². The van der Waals surface area contributed by atoms with Gasteiger partial charge in [0.15, 0.2) is 0 Å². The number of aromatic nitrogens is 1. The zero-order chi connectivity index (χ0) is 18.7. The molecule has 0 aliphatic rings. The summed E-state index contributed by atoms with van der Waals surface area (Å²) >= 11 is 7.30. The number of nitrogens with one attached hydrogen (secondary N) is 1. The molecule has 3 rings (SSSR count). The molecule has 0 bridgehead atoms. The molecule has 8 heteroatoms. The van der Waals surface area contributed by atoms with Gasteiger partial charge in [-0.25, -0.2) is 4.98 Å². The van der Waals surface area contributed by atoms with Crippen LogP contribution in [0.4, 0.5) is 11.4 Å². The Morgan fingerprint density at radius 2 is 2.04 bits per heavy atom. The number of para-hydroxylation sites is 1. The first-order chi connectivity index (χ1) is 12.4. The lowest BCUT2D eigenvalue weighted by Crippen LogP contribution is -2.14. The number of carbonyl (C=O) groups excluding carboxylic acids is 1. The molecule has 2 aromatic carbocycles. The molecule has 0 saturated carbocycles. The number of thioether (sulfide) groups is 1. The van der Waals surface area contributed by atoms with Crippen molar-refractivity contribution in [1.82, 2.24) is 4.98 Å². The van der Waals surface area contributed by atoms with Crippen molar-refractivity contribution in [3.63, 3.8) is 0 Å². The van der Waals surface area contributed by atoms with Crippen molar-refractivity contribution in [2.75, 3.05) is 11.1 Å². The second-order valence-corrected chi connectivity index (χ2v) is 6.96. The van der Waals surface area contributed by atoms with E-state index in [1.807, 2.05) is 37.3 Å². The first-order valence-electron chi connectivity index (χ1n) is 7.67. The van der Waals surface area contributed by atoms with E-state index in [1.165, 1.54) is 30.0 Å². The van der Waals surface area contributed by atoms with Crippen LogP contribution in [0, 0.1) is 17.0 Å². The maximum atomic E-state index is 12.2. The van der Waals surface area contributed by atoms with Gasteiger partial charge in [-0.1, -0.05) is 41.6 Å². The first-order valence-corrected chi connectivity index (χ1v) is 9.03. The number of fused-ring (bicyclic) bond motifs is 1. The van der Waals surface area contributed by atoms with Crippen LogP contribution in [0.1, 0.15) is 5.56 Å². The molecule has 0 saturated heterocycles. The topological polar surface area (TPSA) is 85.1 Å². The molecule has 0 aliphatic carbocycles. The Kier molecular flexibility index (Phi) is 5.39. The molecule has 0 atom stereocenters. The van der Waals surface area contributed by atoms with Gasteiger partial charge in [0.25, 0.3) is 5.69 Å². The van der Waals surface area contributed by atoms with Crippen LogP contribution in [0.5, 0.6) is 0 Å². The van der Waals surface area contributed by atoms with E-state index >= 15 is 0 Å². The van der Waals surface area contributed by atoms with Gasteiger partial charge in [-0.05, 0) is 30.7 Å². The lowest BCUT2D eigenvalue weighted by atomic mass is 10.1. The molecule has 26 heavy (non-hydrogen) atoms. The number of amides is 1. The number of benzene rings is 2. The predicted molar refractivity (Wildman–Crippen MR) is 104 cm³/mol. The molecule has 1 amide bonds. The average Bonchev–Trinajstić information content (AvgIpc) is 2.61. The summed E-state index contributed by atoms with van der Waals surface area (Å²) in [5, 5.41) is 15.3. The second kappa shape index (κ2) is 7.72. The SMILES string of the molecule is Cc1cc(SCC(=O)Nc2ccc([N+](=O)[O-])cc2Cl)nc2ccccc12. The molecule has 1 heterocycles. The van der Waals surface area contributed by atoms with Gasteiger partial charge in [0.1, 0.15) is 0 Å². The van der Waals surface area contributed by atoms with Crippen molar-refractivity contribution < 1.29 is 9.72 Å². The quantitative estimate of drug-likeness (QED) is 0.384. The zero-order valence-electron chi connectivity index (χ0n) is 13.7. The molecule has 1 aromatic heterocycles. The molecule has 0 radical (unpaired) electrons. The van der Waals surface area contributed by atoms with Gasteiger partial charge in [0, 0.05) is 17.5 Å². The van der Waals surface area contributed by atoms with Gasteiger partial charge in [0.2, 0.25) is 5.91 Å². The fourth-order valence-corrected chi connectivity index (χ4v) is 3.43. The Hall–Kier alpha value is -2.64. The maximum Gasteiger partial charge on any atom is 0.271 e. The number of hydrogen-bond acceptors (Lipinski definition) is 5. The van der Waals surface area contributed by atoms with E-state index in [-0.39, 0.29) is 22.4 Å². The molecule has 0 unspecified atom stereocenters.